The summed E-state index contributed by atoms with van der Waals surface area (Å²) >= 11 is 1.69. The molecule has 15 heavy (non-hydrogen) atoms. The first-order valence-corrected chi connectivity index (χ1v) is 5.49. The topological polar surface area (TPSA) is 18.5 Å². The number of thiophene rings is 1. The number of hydrogen-bond acceptors (Lipinski definition) is 3. The van der Waals surface area contributed by atoms with Gasteiger partial charge >= 0.3 is 0 Å². The van der Waals surface area contributed by atoms with Gasteiger partial charge < -0.3 is 9.47 Å². The number of methoxy groups -OCH3 is 2. The molecule has 0 bridgehead atoms. The van der Waals surface area contributed by atoms with Gasteiger partial charge in [0.2, 0.25) is 0 Å². The van der Waals surface area contributed by atoms with E-state index < -0.39 is 0 Å². The average molecular weight is 220 g/mol. The molecule has 0 unspecified atom stereocenters. The molecule has 2 aromatic rings. The molecule has 0 aliphatic heterocycles. The molecule has 0 aliphatic rings. The van der Waals surface area contributed by atoms with Crippen molar-refractivity contribution >= 4 is 11.3 Å². The molecule has 3 heteroatoms. The van der Waals surface area contributed by atoms with Crippen LogP contribution in [0.1, 0.15) is 0 Å². The molecule has 0 saturated carbocycles. The van der Waals surface area contributed by atoms with E-state index in [4.69, 9.17) is 9.47 Å². The molecule has 1 aromatic carbocycles. The van der Waals surface area contributed by atoms with Gasteiger partial charge in [-0.05, 0) is 29.6 Å². The largest absolute Gasteiger partial charge is 0.497 e. The lowest BCUT2D eigenvalue weighted by Gasteiger charge is -2.08. The summed E-state index contributed by atoms with van der Waals surface area (Å²) < 4.78 is 10.5. The van der Waals surface area contributed by atoms with E-state index in [1.165, 1.54) is 4.88 Å². The fourth-order valence-corrected chi connectivity index (χ4v) is 2.19. The second-order valence-electron chi connectivity index (χ2n) is 3.04. The Bertz CT molecular complexity index is 435. The van der Waals surface area contributed by atoms with Crippen LogP contribution in [0.2, 0.25) is 0 Å². The van der Waals surface area contributed by atoms with E-state index in [1.54, 1.807) is 25.6 Å². The van der Waals surface area contributed by atoms with Gasteiger partial charge in [-0.1, -0.05) is 6.07 Å². The Morgan fingerprint density at radius 3 is 2.53 bits per heavy atom. The highest BCUT2D eigenvalue weighted by molar-refractivity contribution is 7.13. The highest BCUT2D eigenvalue weighted by atomic mass is 32.1. The first-order chi connectivity index (χ1) is 7.35. The summed E-state index contributed by atoms with van der Waals surface area (Å²) in [5.74, 6) is 1.72. The van der Waals surface area contributed by atoms with Crippen molar-refractivity contribution in [2.24, 2.45) is 0 Å². The Hall–Kier alpha value is -1.48. The van der Waals surface area contributed by atoms with Gasteiger partial charge in [-0.3, -0.25) is 0 Å². The van der Waals surface area contributed by atoms with Crippen LogP contribution in [0.4, 0.5) is 0 Å². The quantitative estimate of drug-likeness (QED) is 0.789. The zero-order valence-electron chi connectivity index (χ0n) is 8.69. The van der Waals surface area contributed by atoms with Gasteiger partial charge in [0, 0.05) is 10.4 Å². The number of hydrogen-bond donors (Lipinski definition) is 0. The van der Waals surface area contributed by atoms with Crippen molar-refractivity contribution in [3.8, 4) is 21.9 Å². The van der Waals surface area contributed by atoms with Gasteiger partial charge in [0.15, 0.2) is 0 Å². The SMILES string of the molecule is COc1ccc(OC)c(-c2cccs2)c1. The van der Waals surface area contributed by atoms with Crippen molar-refractivity contribution < 1.29 is 9.47 Å². The van der Waals surface area contributed by atoms with Crippen LogP contribution in [0.3, 0.4) is 0 Å². The van der Waals surface area contributed by atoms with Crippen LogP contribution in [0.25, 0.3) is 10.4 Å². The predicted molar refractivity (Wildman–Crippen MR) is 62.9 cm³/mol. The summed E-state index contributed by atoms with van der Waals surface area (Å²) in [5.41, 5.74) is 1.08. The number of rotatable bonds is 3. The van der Waals surface area contributed by atoms with Crippen LogP contribution in [0.15, 0.2) is 35.7 Å². The lowest BCUT2D eigenvalue weighted by atomic mass is 10.1. The maximum absolute atomic E-state index is 5.32. The van der Waals surface area contributed by atoms with E-state index in [9.17, 15) is 0 Å². The third kappa shape index (κ3) is 1.97. The molecule has 0 saturated heterocycles. The molecular formula is C12H12O2S. The van der Waals surface area contributed by atoms with Gasteiger partial charge in [-0.2, -0.15) is 0 Å². The first-order valence-electron chi connectivity index (χ1n) is 4.61. The molecule has 0 aliphatic carbocycles. The fourth-order valence-electron chi connectivity index (χ4n) is 1.44. The van der Waals surface area contributed by atoms with Crippen LogP contribution in [0, 0.1) is 0 Å². The predicted octanol–water partition coefficient (Wildman–Crippen LogP) is 3.43. The zero-order chi connectivity index (χ0) is 10.7. The highest BCUT2D eigenvalue weighted by Gasteiger charge is 2.07. The summed E-state index contributed by atoms with van der Waals surface area (Å²) in [5, 5.41) is 2.05. The van der Waals surface area contributed by atoms with E-state index >= 15 is 0 Å². The van der Waals surface area contributed by atoms with Crippen molar-refractivity contribution in [2.45, 2.75) is 0 Å². The molecule has 0 N–H and O–H groups in total. The summed E-state index contributed by atoms with van der Waals surface area (Å²) in [6.07, 6.45) is 0. The second kappa shape index (κ2) is 4.36. The van der Waals surface area contributed by atoms with E-state index in [2.05, 4.69) is 6.07 Å². The maximum Gasteiger partial charge on any atom is 0.127 e. The molecule has 0 atom stereocenters. The Labute approximate surface area is 93.1 Å². The molecule has 2 rings (SSSR count). The molecule has 1 aromatic heterocycles. The Kier molecular flexibility index (Phi) is 2.92. The van der Waals surface area contributed by atoms with Crippen molar-refractivity contribution in [2.75, 3.05) is 14.2 Å². The third-order valence-corrected chi connectivity index (χ3v) is 3.10. The summed E-state index contributed by atoms with van der Waals surface area (Å²) in [7, 11) is 3.35. The minimum Gasteiger partial charge on any atom is -0.497 e. The highest BCUT2D eigenvalue weighted by Crippen LogP contribution is 2.35. The molecule has 0 radical (unpaired) electrons. The van der Waals surface area contributed by atoms with Gasteiger partial charge in [0.25, 0.3) is 0 Å². The Morgan fingerprint density at radius 1 is 1.07 bits per heavy atom. The number of benzene rings is 1. The van der Waals surface area contributed by atoms with E-state index in [-0.39, 0.29) is 0 Å². The molecule has 78 valence electrons. The van der Waals surface area contributed by atoms with Gasteiger partial charge in [-0.15, -0.1) is 11.3 Å². The van der Waals surface area contributed by atoms with Gasteiger partial charge in [0.1, 0.15) is 11.5 Å². The van der Waals surface area contributed by atoms with Gasteiger partial charge in [0.05, 0.1) is 14.2 Å². The van der Waals surface area contributed by atoms with Crippen LogP contribution < -0.4 is 9.47 Å². The van der Waals surface area contributed by atoms with E-state index in [1.807, 2.05) is 29.6 Å². The summed E-state index contributed by atoms with van der Waals surface area (Å²) in [6, 6.07) is 9.91. The average Bonchev–Trinajstić information content (AvgIpc) is 2.81. The Balaban J connectivity index is 2.52. The standard InChI is InChI=1S/C12H12O2S/c1-13-9-5-6-11(14-2)10(8-9)12-4-3-7-15-12/h3-8H,1-2H3. The van der Waals surface area contributed by atoms with Gasteiger partial charge in [-0.25, -0.2) is 0 Å². The molecule has 1 heterocycles. The van der Waals surface area contributed by atoms with Crippen LogP contribution in [0.5, 0.6) is 11.5 Å². The van der Waals surface area contributed by atoms with Crippen molar-refractivity contribution in [1.29, 1.82) is 0 Å². The third-order valence-electron chi connectivity index (χ3n) is 2.19. The van der Waals surface area contributed by atoms with Crippen molar-refractivity contribution in [1.82, 2.24) is 0 Å². The zero-order valence-corrected chi connectivity index (χ0v) is 9.51. The molecular weight excluding hydrogens is 208 g/mol. The number of ether oxygens (including phenoxy) is 2. The summed E-state index contributed by atoms with van der Waals surface area (Å²) in [6.45, 7) is 0. The molecule has 2 nitrogen and oxygen atoms in total. The molecule has 0 fully saturated rings. The maximum atomic E-state index is 5.32. The van der Waals surface area contributed by atoms with Crippen LogP contribution >= 0.6 is 11.3 Å². The molecule has 0 amide bonds. The van der Waals surface area contributed by atoms with Crippen LogP contribution in [-0.4, -0.2) is 14.2 Å². The molecule has 0 spiro atoms. The van der Waals surface area contributed by atoms with E-state index in [0.29, 0.717) is 0 Å². The summed E-state index contributed by atoms with van der Waals surface area (Å²) in [4.78, 5) is 1.19. The first kappa shape index (κ1) is 10.1. The minimum absolute atomic E-state index is 0.846. The lowest BCUT2D eigenvalue weighted by Crippen LogP contribution is -1.88. The van der Waals surface area contributed by atoms with E-state index in [0.717, 1.165) is 17.1 Å². The fraction of sp³-hybridized carbons (Fsp3) is 0.167. The van der Waals surface area contributed by atoms with Crippen LogP contribution in [-0.2, 0) is 0 Å². The van der Waals surface area contributed by atoms with Crippen molar-refractivity contribution in [3.63, 3.8) is 0 Å². The monoisotopic (exact) mass is 220 g/mol. The minimum atomic E-state index is 0.846. The second-order valence-corrected chi connectivity index (χ2v) is 3.99. The smallest absolute Gasteiger partial charge is 0.127 e. The normalized spacial score (nSPS) is 10.0. The Morgan fingerprint density at radius 2 is 1.93 bits per heavy atom. The lowest BCUT2D eigenvalue weighted by molar-refractivity contribution is 0.404. The van der Waals surface area contributed by atoms with Crippen molar-refractivity contribution in [3.05, 3.63) is 35.7 Å².